The van der Waals surface area contributed by atoms with Crippen LogP contribution in [0.2, 0.25) is 0 Å². The third-order valence-corrected chi connectivity index (χ3v) is 4.06. The maximum absolute atomic E-state index is 11.2. The molecular weight excluding hydrogens is 312 g/mol. The lowest BCUT2D eigenvalue weighted by Gasteiger charge is -2.16. The van der Waals surface area contributed by atoms with E-state index >= 15 is 0 Å². The van der Waals surface area contributed by atoms with Gasteiger partial charge in [-0.2, -0.15) is 0 Å². The Balaban J connectivity index is 2.01. The molecule has 23 heavy (non-hydrogen) atoms. The molecule has 0 fully saturated rings. The largest absolute Gasteiger partial charge is 0.396 e. The Labute approximate surface area is 137 Å². The summed E-state index contributed by atoms with van der Waals surface area (Å²) in [5.41, 5.74) is 3.71. The number of rotatable bonds is 7. The zero-order chi connectivity index (χ0) is 16.9. The van der Waals surface area contributed by atoms with Gasteiger partial charge in [-0.25, -0.2) is 8.42 Å². The molecule has 2 aromatic rings. The van der Waals surface area contributed by atoms with Gasteiger partial charge in [0, 0.05) is 24.0 Å². The van der Waals surface area contributed by atoms with Gasteiger partial charge in [0.25, 0.3) is 0 Å². The monoisotopic (exact) mass is 334 g/mol. The summed E-state index contributed by atoms with van der Waals surface area (Å²) in [5.74, 6) is 0. The summed E-state index contributed by atoms with van der Waals surface area (Å²) in [6, 6.07) is 15.3. The molecule has 0 spiro atoms. The standard InChI is InChI=1S/C17H22N2O3S/c1-13(18-16-7-3-14(4-8-16)11-12-20)15-5-9-17(10-6-15)19-23(2,21)22/h3-10,13,18-20H,11-12H2,1-2H3. The molecule has 0 saturated carbocycles. The number of benzene rings is 2. The average molecular weight is 334 g/mol. The minimum absolute atomic E-state index is 0.0889. The number of hydrogen-bond donors (Lipinski definition) is 3. The summed E-state index contributed by atoms with van der Waals surface area (Å²) in [4.78, 5) is 0. The Morgan fingerprint density at radius 2 is 1.57 bits per heavy atom. The summed E-state index contributed by atoms with van der Waals surface area (Å²) in [7, 11) is -3.25. The van der Waals surface area contributed by atoms with Crippen LogP contribution in [0.15, 0.2) is 48.5 Å². The van der Waals surface area contributed by atoms with E-state index in [4.69, 9.17) is 5.11 Å². The molecule has 0 aliphatic rings. The highest BCUT2D eigenvalue weighted by Gasteiger charge is 2.07. The third kappa shape index (κ3) is 5.58. The maximum Gasteiger partial charge on any atom is 0.229 e. The van der Waals surface area contributed by atoms with Crippen LogP contribution in [0.3, 0.4) is 0 Å². The molecule has 1 unspecified atom stereocenters. The van der Waals surface area contributed by atoms with Crippen molar-refractivity contribution in [3.8, 4) is 0 Å². The summed E-state index contributed by atoms with van der Waals surface area (Å²) < 4.78 is 24.8. The van der Waals surface area contributed by atoms with Crippen molar-refractivity contribution >= 4 is 21.4 Å². The highest BCUT2D eigenvalue weighted by molar-refractivity contribution is 7.92. The Morgan fingerprint density at radius 1 is 1.00 bits per heavy atom. The molecule has 5 nitrogen and oxygen atoms in total. The van der Waals surface area contributed by atoms with Crippen LogP contribution in [0.4, 0.5) is 11.4 Å². The fraction of sp³-hybridized carbons (Fsp3) is 0.294. The van der Waals surface area contributed by atoms with Crippen LogP contribution in [0.5, 0.6) is 0 Å². The van der Waals surface area contributed by atoms with Crippen molar-refractivity contribution in [2.75, 3.05) is 22.9 Å². The topological polar surface area (TPSA) is 78.4 Å². The maximum atomic E-state index is 11.2. The van der Waals surface area contributed by atoms with E-state index in [9.17, 15) is 8.42 Å². The lowest BCUT2D eigenvalue weighted by molar-refractivity contribution is 0.299. The van der Waals surface area contributed by atoms with Crippen molar-refractivity contribution in [3.63, 3.8) is 0 Å². The van der Waals surface area contributed by atoms with E-state index in [1.165, 1.54) is 0 Å². The van der Waals surface area contributed by atoms with Gasteiger partial charge < -0.3 is 10.4 Å². The van der Waals surface area contributed by atoms with Crippen LogP contribution in [0, 0.1) is 0 Å². The van der Waals surface area contributed by atoms with Crippen LogP contribution < -0.4 is 10.0 Å². The molecule has 0 aliphatic carbocycles. The fourth-order valence-electron chi connectivity index (χ4n) is 2.28. The Bertz CT molecular complexity index is 725. The van der Waals surface area contributed by atoms with E-state index in [-0.39, 0.29) is 12.6 Å². The van der Waals surface area contributed by atoms with E-state index < -0.39 is 10.0 Å². The fourth-order valence-corrected chi connectivity index (χ4v) is 2.85. The van der Waals surface area contributed by atoms with Crippen LogP contribution in [0.1, 0.15) is 24.1 Å². The molecule has 1 atom stereocenters. The lowest BCUT2D eigenvalue weighted by Crippen LogP contribution is -2.10. The van der Waals surface area contributed by atoms with Crippen molar-refractivity contribution < 1.29 is 13.5 Å². The molecule has 2 aromatic carbocycles. The Morgan fingerprint density at radius 3 is 2.09 bits per heavy atom. The van der Waals surface area contributed by atoms with E-state index in [1.54, 1.807) is 12.1 Å². The second-order valence-electron chi connectivity index (χ2n) is 5.53. The van der Waals surface area contributed by atoms with Crippen LogP contribution in [0.25, 0.3) is 0 Å². The lowest BCUT2D eigenvalue weighted by atomic mass is 10.1. The van der Waals surface area contributed by atoms with E-state index in [0.29, 0.717) is 12.1 Å². The first-order valence-electron chi connectivity index (χ1n) is 7.41. The highest BCUT2D eigenvalue weighted by Crippen LogP contribution is 2.21. The second-order valence-corrected chi connectivity index (χ2v) is 7.28. The quantitative estimate of drug-likeness (QED) is 0.727. The summed E-state index contributed by atoms with van der Waals surface area (Å²) in [6.45, 7) is 2.19. The van der Waals surface area contributed by atoms with E-state index in [0.717, 1.165) is 23.1 Å². The number of hydrogen-bond acceptors (Lipinski definition) is 4. The molecule has 6 heteroatoms. The van der Waals surface area contributed by atoms with E-state index in [2.05, 4.69) is 10.0 Å². The van der Waals surface area contributed by atoms with Gasteiger partial charge in [0.05, 0.1) is 6.26 Å². The van der Waals surface area contributed by atoms with E-state index in [1.807, 2.05) is 43.3 Å². The van der Waals surface area contributed by atoms with Crippen LogP contribution >= 0.6 is 0 Å². The minimum atomic E-state index is -3.25. The molecule has 0 aliphatic heterocycles. The molecule has 0 aromatic heterocycles. The van der Waals surface area contributed by atoms with Gasteiger partial charge in [-0.05, 0) is 48.7 Å². The van der Waals surface area contributed by atoms with Crippen molar-refractivity contribution in [2.24, 2.45) is 0 Å². The predicted molar refractivity (Wildman–Crippen MR) is 94.2 cm³/mol. The molecule has 0 saturated heterocycles. The number of anilines is 2. The molecule has 0 heterocycles. The van der Waals surface area contributed by atoms with Gasteiger partial charge in [-0.15, -0.1) is 0 Å². The smallest absolute Gasteiger partial charge is 0.229 e. The van der Waals surface area contributed by atoms with Gasteiger partial charge in [0.2, 0.25) is 10.0 Å². The van der Waals surface area contributed by atoms with Gasteiger partial charge in [0.15, 0.2) is 0 Å². The normalized spacial score (nSPS) is 12.7. The second kappa shape index (κ2) is 7.48. The summed E-state index contributed by atoms with van der Waals surface area (Å²) in [6.07, 6.45) is 1.79. The molecule has 2 rings (SSSR count). The molecular formula is C17H22N2O3S. The van der Waals surface area contributed by atoms with Gasteiger partial charge >= 0.3 is 0 Å². The van der Waals surface area contributed by atoms with Crippen molar-refractivity contribution in [1.29, 1.82) is 0 Å². The highest BCUT2D eigenvalue weighted by atomic mass is 32.2. The first-order chi connectivity index (χ1) is 10.9. The molecule has 0 bridgehead atoms. The average Bonchev–Trinajstić information content (AvgIpc) is 2.48. The predicted octanol–water partition coefficient (Wildman–Crippen LogP) is 2.77. The first-order valence-corrected chi connectivity index (χ1v) is 9.30. The summed E-state index contributed by atoms with van der Waals surface area (Å²) in [5, 5.41) is 12.3. The van der Waals surface area contributed by atoms with Gasteiger partial charge in [-0.1, -0.05) is 24.3 Å². The van der Waals surface area contributed by atoms with Crippen LogP contribution in [-0.4, -0.2) is 26.4 Å². The zero-order valence-electron chi connectivity index (χ0n) is 13.3. The molecule has 0 radical (unpaired) electrons. The minimum Gasteiger partial charge on any atom is -0.396 e. The van der Waals surface area contributed by atoms with Crippen LogP contribution in [-0.2, 0) is 16.4 Å². The molecule has 124 valence electrons. The SMILES string of the molecule is CC(Nc1ccc(CCO)cc1)c1ccc(NS(C)(=O)=O)cc1. The molecule has 3 N–H and O–H groups in total. The van der Waals surface area contributed by atoms with Gasteiger partial charge in [-0.3, -0.25) is 4.72 Å². The number of aliphatic hydroxyl groups excluding tert-OH is 1. The molecule has 0 amide bonds. The Hall–Kier alpha value is -2.05. The Kier molecular flexibility index (Phi) is 5.63. The number of sulfonamides is 1. The van der Waals surface area contributed by atoms with Gasteiger partial charge in [0.1, 0.15) is 0 Å². The van der Waals surface area contributed by atoms with Crippen molar-refractivity contribution in [1.82, 2.24) is 0 Å². The third-order valence-electron chi connectivity index (χ3n) is 3.45. The number of nitrogens with one attached hydrogen (secondary N) is 2. The van der Waals surface area contributed by atoms with Crippen molar-refractivity contribution in [3.05, 3.63) is 59.7 Å². The van der Waals surface area contributed by atoms with Crippen molar-refractivity contribution in [2.45, 2.75) is 19.4 Å². The summed E-state index contributed by atoms with van der Waals surface area (Å²) >= 11 is 0. The number of aliphatic hydroxyl groups is 1. The zero-order valence-corrected chi connectivity index (χ0v) is 14.1. The first kappa shape index (κ1) is 17.3.